The molecule has 0 bridgehead atoms. The van der Waals surface area contributed by atoms with Crippen LogP contribution in [-0.2, 0) is 94.8 Å². The molecule has 1 N–H and O–H groups in total. The summed E-state index contributed by atoms with van der Waals surface area (Å²) in [6.45, 7) is 17.7. The summed E-state index contributed by atoms with van der Waals surface area (Å²) in [7, 11) is 0. The van der Waals surface area contributed by atoms with E-state index in [2.05, 4.69) is 5.92 Å². The Morgan fingerprint density at radius 2 is 0.381 bits per heavy atom. The standard InChI is InChI=1S/C42H80O21/c1-2-4-45-6-8-47-10-12-49-14-16-51-18-20-53-22-24-55-26-28-57-30-32-59-34-36-61-38-40-63-41-39-62-37-35-60-33-31-58-29-27-56-25-23-54-21-19-52-17-15-50-13-11-48-9-7-46-5-3-42(43)44/h1H,3-41H2,(H,43,44). The average Bonchev–Trinajstić information content (AvgIpc) is 3.28. The monoisotopic (exact) mass is 921 g/mol. The van der Waals surface area contributed by atoms with E-state index in [1.165, 1.54) is 0 Å². The molecule has 0 radical (unpaired) electrons. The van der Waals surface area contributed by atoms with Crippen molar-refractivity contribution in [2.75, 3.05) is 251 Å². The van der Waals surface area contributed by atoms with Gasteiger partial charge in [0.25, 0.3) is 0 Å². The van der Waals surface area contributed by atoms with E-state index < -0.39 is 5.97 Å². The minimum absolute atomic E-state index is 0.00791. The van der Waals surface area contributed by atoms with E-state index in [0.717, 1.165) is 0 Å². The number of hydrogen-bond acceptors (Lipinski definition) is 20. The highest BCUT2D eigenvalue weighted by Gasteiger charge is 1.99. The van der Waals surface area contributed by atoms with Gasteiger partial charge in [-0.2, -0.15) is 0 Å². The first kappa shape index (κ1) is 61.3. The summed E-state index contributed by atoms with van der Waals surface area (Å²) < 4.78 is 103. The van der Waals surface area contributed by atoms with E-state index in [0.29, 0.717) is 244 Å². The lowest BCUT2D eigenvalue weighted by molar-refractivity contribution is -0.138. The molecule has 0 aliphatic carbocycles. The quantitative estimate of drug-likeness (QED) is 0.0647. The molecule has 0 aliphatic rings. The van der Waals surface area contributed by atoms with Gasteiger partial charge in [-0.25, -0.2) is 0 Å². The van der Waals surface area contributed by atoms with Crippen LogP contribution in [0.4, 0.5) is 0 Å². The van der Waals surface area contributed by atoms with Crippen molar-refractivity contribution in [1.29, 1.82) is 0 Å². The normalized spacial score (nSPS) is 11.5. The third-order valence-electron chi connectivity index (χ3n) is 7.34. The number of carboxylic acid groups (broad SMARTS) is 1. The highest BCUT2D eigenvalue weighted by Crippen LogP contribution is 1.90. The van der Waals surface area contributed by atoms with Crippen molar-refractivity contribution in [3.05, 3.63) is 0 Å². The van der Waals surface area contributed by atoms with Gasteiger partial charge in [-0.15, -0.1) is 6.42 Å². The van der Waals surface area contributed by atoms with Crippen LogP contribution in [0.3, 0.4) is 0 Å². The van der Waals surface area contributed by atoms with Gasteiger partial charge in [0.05, 0.1) is 251 Å². The van der Waals surface area contributed by atoms with E-state index in [-0.39, 0.29) is 13.0 Å². The molecule has 63 heavy (non-hydrogen) atoms. The molecule has 0 aliphatic heterocycles. The fourth-order valence-electron chi connectivity index (χ4n) is 4.25. The number of rotatable bonds is 58. The number of aliphatic carboxylic acids is 1. The maximum absolute atomic E-state index is 10.4. The van der Waals surface area contributed by atoms with Crippen LogP contribution in [0.1, 0.15) is 6.42 Å². The van der Waals surface area contributed by atoms with Gasteiger partial charge >= 0.3 is 5.97 Å². The van der Waals surface area contributed by atoms with E-state index in [4.69, 9.17) is 102 Å². The molecule has 0 aromatic rings. The van der Waals surface area contributed by atoms with Crippen LogP contribution in [0.5, 0.6) is 0 Å². The van der Waals surface area contributed by atoms with Gasteiger partial charge in [-0.1, -0.05) is 5.92 Å². The van der Waals surface area contributed by atoms with Crippen molar-refractivity contribution in [2.45, 2.75) is 6.42 Å². The number of ether oxygens (including phenoxy) is 19. The van der Waals surface area contributed by atoms with Crippen LogP contribution in [0, 0.1) is 12.3 Å². The van der Waals surface area contributed by atoms with Gasteiger partial charge in [0, 0.05) is 0 Å². The fraction of sp³-hybridized carbons (Fsp3) is 0.929. The molecule has 0 atom stereocenters. The lowest BCUT2D eigenvalue weighted by Crippen LogP contribution is -2.16. The molecule has 0 fully saturated rings. The first-order chi connectivity index (χ1) is 31.3. The zero-order valence-electron chi connectivity index (χ0n) is 37.8. The van der Waals surface area contributed by atoms with Crippen molar-refractivity contribution >= 4 is 5.97 Å². The maximum Gasteiger partial charge on any atom is 0.305 e. The third-order valence-corrected chi connectivity index (χ3v) is 7.34. The lowest BCUT2D eigenvalue weighted by atomic mass is 10.5. The van der Waals surface area contributed by atoms with Crippen LogP contribution in [-0.4, -0.2) is 262 Å². The molecule has 21 heteroatoms. The fourth-order valence-corrected chi connectivity index (χ4v) is 4.25. The molecule has 0 aromatic carbocycles. The van der Waals surface area contributed by atoms with Crippen molar-refractivity contribution < 1.29 is 99.9 Å². The Balaban J connectivity index is 3.07. The van der Waals surface area contributed by atoms with E-state index in [9.17, 15) is 4.79 Å². The third kappa shape index (κ3) is 60.3. The highest BCUT2D eigenvalue weighted by molar-refractivity contribution is 5.66. The Bertz CT molecular complexity index is 902. The van der Waals surface area contributed by atoms with E-state index >= 15 is 0 Å². The van der Waals surface area contributed by atoms with Crippen LogP contribution in [0.2, 0.25) is 0 Å². The van der Waals surface area contributed by atoms with Crippen LogP contribution < -0.4 is 0 Å². The summed E-state index contributed by atoms with van der Waals surface area (Å²) in [6, 6.07) is 0. The molecule has 374 valence electrons. The molecule has 0 spiro atoms. The lowest BCUT2D eigenvalue weighted by Gasteiger charge is -2.09. The summed E-state index contributed by atoms with van der Waals surface area (Å²) in [4.78, 5) is 10.4. The van der Waals surface area contributed by atoms with Crippen molar-refractivity contribution in [1.82, 2.24) is 0 Å². The largest absolute Gasteiger partial charge is 0.481 e. The van der Waals surface area contributed by atoms with Crippen molar-refractivity contribution in [3.63, 3.8) is 0 Å². The Morgan fingerprint density at radius 3 is 0.508 bits per heavy atom. The van der Waals surface area contributed by atoms with Crippen LogP contribution in [0.25, 0.3) is 0 Å². The Labute approximate surface area is 375 Å². The second-order valence-electron chi connectivity index (χ2n) is 12.4. The second-order valence-corrected chi connectivity index (χ2v) is 12.4. The minimum atomic E-state index is -0.878. The van der Waals surface area contributed by atoms with Gasteiger partial charge in [0.2, 0.25) is 0 Å². The summed E-state index contributed by atoms with van der Waals surface area (Å²) in [5, 5.41) is 8.51. The van der Waals surface area contributed by atoms with Gasteiger partial charge in [0.1, 0.15) is 6.61 Å². The van der Waals surface area contributed by atoms with Gasteiger partial charge < -0.3 is 95.1 Å². The molecule has 0 rings (SSSR count). The molecular weight excluding hydrogens is 840 g/mol. The Kier molecular flexibility index (Phi) is 56.7. The Morgan fingerprint density at radius 1 is 0.254 bits per heavy atom. The molecule has 0 amide bonds. The molecule has 0 saturated carbocycles. The summed E-state index contributed by atoms with van der Waals surface area (Å²) in [5.41, 5.74) is 0. The van der Waals surface area contributed by atoms with Gasteiger partial charge in [-0.3, -0.25) is 4.79 Å². The average molecular weight is 921 g/mol. The number of terminal acetylenes is 1. The number of carbonyl (C=O) groups is 1. The van der Waals surface area contributed by atoms with E-state index in [1.54, 1.807) is 0 Å². The molecule has 0 aromatic heterocycles. The molecule has 0 heterocycles. The second kappa shape index (κ2) is 58.3. The summed E-state index contributed by atoms with van der Waals surface area (Å²) >= 11 is 0. The topological polar surface area (TPSA) is 213 Å². The smallest absolute Gasteiger partial charge is 0.305 e. The number of carboxylic acids is 1. The molecule has 0 unspecified atom stereocenters. The molecule has 0 saturated heterocycles. The molecular formula is C42H80O21. The van der Waals surface area contributed by atoms with Gasteiger partial charge in [-0.05, 0) is 0 Å². The maximum atomic E-state index is 10.4. The first-order valence-electron chi connectivity index (χ1n) is 21.9. The predicted molar refractivity (Wildman–Crippen MR) is 227 cm³/mol. The van der Waals surface area contributed by atoms with Crippen LogP contribution >= 0.6 is 0 Å². The summed E-state index contributed by atoms with van der Waals surface area (Å²) in [6.07, 6.45) is 5.08. The summed E-state index contributed by atoms with van der Waals surface area (Å²) in [5.74, 6) is 1.52. The zero-order chi connectivity index (χ0) is 45.3. The van der Waals surface area contributed by atoms with Crippen LogP contribution in [0.15, 0.2) is 0 Å². The van der Waals surface area contributed by atoms with Crippen molar-refractivity contribution in [2.24, 2.45) is 0 Å². The highest BCUT2D eigenvalue weighted by atomic mass is 16.6. The molecule has 21 nitrogen and oxygen atoms in total. The van der Waals surface area contributed by atoms with Gasteiger partial charge in [0.15, 0.2) is 0 Å². The Hall–Kier alpha value is -1.73. The zero-order valence-corrected chi connectivity index (χ0v) is 37.8. The number of hydrogen-bond donors (Lipinski definition) is 1. The van der Waals surface area contributed by atoms with E-state index in [1.807, 2.05) is 0 Å². The SMILES string of the molecule is C#CCOCCOCCOCCOCCOCCOCCOCCOCCOCCOCCOCCOCCOCCOCCOCCOCCOCCOCCOCCC(=O)O. The van der Waals surface area contributed by atoms with Crippen molar-refractivity contribution in [3.8, 4) is 12.3 Å². The minimum Gasteiger partial charge on any atom is -0.481 e. The predicted octanol–water partition coefficient (Wildman–Crippen LogP) is 0.410. The first-order valence-corrected chi connectivity index (χ1v) is 21.9.